The van der Waals surface area contributed by atoms with E-state index in [0.29, 0.717) is 0 Å². The standard InChI is InChI=1S/C9H12N2O6/c1-2-16-7-4(3-5(10)8(12)13)6(9(14)15)17-11-7/h5H,2-3,10H2,1H3,(H,12,13)(H,14,15). The van der Waals surface area contributed by atoms with Gasteiger partial charge in [-0.1, -0.05) is 0 Å². The number of nitrogens with two attached hydrogens (primary N) is 1. The van der Waals surface area contributed by atoms with Gasteiger partial charge < -0.3 is 25.2 Å². The van der Waals surface area contributed by atoms with Crippen LogP contribution in [0.25, 0.3) is 0 Å². The number of rotatable bonds is 6. The van der Waals surface area contributed by atoms with Crippen molar-refractivity contribution in [2.45, 2.75) is 19.4 Å². The lowest BCUT2D eigenvalue weighted by Gasteiger charge is -2.06. The number of aromatic carboxylic acids is 1. The van der Waals surface area contributed by atoms with Crippen molar-refractivity contribution in [3.63, 3.8) is 0 Å². The fourth-order valence-corrected chi connectivity index (χ4v) is 1.20. The van der Waals surface area contributed by atoms with Crippen LogP contribution in [0.3, 0.4) is 0 Å². The molecule has 0 radical (unpaired) electrons. The van der Waals surface area contributed by atoms with E-state index in [9.17, 15) is 9.59 Å². The monoisotopic (exact) mass is 244 g/mol. The molecule has 0 aliphatic heterocycles. The van der Waals surface area contributed by atoms with Crippen LogP contribution in [0.15, 0.2) is 4.52 Å². The Balaban J connectivity index is 3.03. The van der Waals surface area contributed by atoms with Crippen LogP contribution in [-0.4, -0.2) is 40.0 Å². The Morgan fingerprint density at radius 1 is 1.53 bits per heavy atom. The van der Waals surface area contributed by atoms with Crippen molar-refractivity contribution in [1.29, 1.82) is 0 Å². The summed E-state index contributed by atoms with van der Waals surface area (Å²) in [5.74, 6) is -3.09. The third kappa shape index (κ3) is 2.94. The largest absolute Gasteiger partial charge is 0.480 e. The van der Waals surface area contributed by atoms with Crippen LogP contribution in [0, 0.1) is 0 Å². The molecule has 0 fully saturated rings. The molecule has 17 heavy (non-hydrogen) atoms. The van der Waals surface area contributed by atoms with Crippen molar-refractivity contribution in [3.05, 3.63) is 11.3 Å². The minimum Gasteiger partial charge on any atom is -0.480 e. The maximum absolute atomic E-state index is 10.8. The predicted octanol–water partition coefficient (Wildman–Crippen LogP) is -0.274. The second-order valence-corrected chi connectivity index (χ2v) is 3.18. The molecule has 0 spiro atoms. The number of hydrogen-bond donors (Lipinski definition) is 3. The van der Waals surface area contributed by atoms with Gasteiger partial charge in [-0.2, -0.15) is 0 Å². The highest BCUT2D eigenvalue weighted by atomic mass is 16.5. The summed E-state index contributed by atoms with van der Waals surface area (Å²) >= 11 is 0. The lowest BCUT2D eigenvalue weighted by molar-refractivity contribution is -0.138. The molecular formula is C9H12N2O6. The molecule has 1 rings (SSSR count). The van der Waals surface area contributed by atoms with Crippen molar-refractivity contribution >= 4 is 11.9 Å². The van der Waals surface area contributed by atoms with Crippen LogP contribution in [0.4, 0.5) is 0 Å². The first-order valence-corrected chi connectivity index (χ1v) is 4.80. The zero-order chi connectivity index (χ0) is 13.0. The Labute approximate surface area is 96.0 Å². The summed E-state index contributed by atoms with van der Waals surface area (Å²) in [6.45, 7) is 1.93. The molecule has 0 aliphatic carbocycles. The highest BCUT2D eigenvalue weighted by Gasteiger charge is 2.26. The maximum Gasteiger partial charge on any atom is 0.375 e. The summed E-state index contributed by atoms with van der Waals surface area (Å²) < 4.78 is 9.60. The maximum atomic E-state index is 10.8. The molecule has 1 heterocycles. The van der Waals surface area contributed by atoms with Gasteiger partial charge in [-0.25, -0.2) is 4.79 Å². The topological polar surface area (TPSA) is 136 Å². The first-order valence-electron chi connectivity index (χ1n) is 4.80. The summed E-state index contributed by atoms with van der Waals surface area (Å²) in [7, 11) is 0. The van der Waals surface area contributed by atoms with E-state index in [1.165, 1.54) is 0 Å². The molecule has 0 saturated heterocycles. The number of aromatic nitrogens is 1. The first-order chi connectivity index (χ1) is 7.97. The number of carbonyl (C=O) groups is 2. The number of aliphatic carboxylic acids is 1. The van der Waals surface area contributed by atoms with E-state index in [-0.39, 0.29) is 24.5 Å². The van der Waals surface area contributed by atoms with E-state index in [4.69, 9.17) is 20.7 Å². The highest BCUT2D eigenvalue weighted by molar-refractivity contribution is 5.87. The van der Waals surface area contributed by atoms with Crippen molar-refractivity contribution in [3.8, 4) is 5.88 Å². The molecule has 0 bridgehead atoms. The number of carboxylic acids is 2. The van der Waals surface area contributed by atoms with Gasteiger partial charge in [0, 0.05) is 6.42 Å². The quantitative estimate of drug-likeness (QED) is 0.621. The zero-order valence-corrected chi connectivity index (χ0v) is 9.04. The molecule has 0 amide bonds. The van der Waals surface area contributed by atoms with Crippen LogP contribution in [0.1, 0.15) is 23.0 Å². The molecule has 8 heteroatoms. The number of carboxylic acid groups (broad SMARTS) is 2. The molecule has 1 unspecified atom stereocenters. The Hall–Kier alpha value is -2.09. The minimum atomic E-state index is -1.35. The van der Waals surface area contributed by atoms with Crippen LogP contribution < -0.4 is 10.5 Å². The summed E-state index contributed by atoms with van der Waals surface area (Å²) in [6.07, 6.45) is -0.226. The van der Waals surface area contributed by atoms with E-state index in [1.54, 1.807) is 6.92 Å². The van der Waals surface area contributed by atoms with E-state index < -0.39 is 23.7 Å². The fraction of sp³-hybridized carbons (Fsp3) is 0.444. The Morgan fingerprint density at radius 3 is 2.65 bits per heavy atom. The molecular weight excluding hydrogens is 232 g/mol. The average molecular weight is 244 g/mol. The number of nitrogens with zero attached hydrogens (tertiary/aromatic N) is 1. The summed E-state index contributed by atoms with van der Waals surface area (Å²) in [4.78, 5) is 21.4. The molecule has 4 N–H and O–H groups in total. The molecule has 1 atom stereocenters. The normalized spacial score (nSPS) is 12.1. The van der Waals surface area contributed by atoms with Crippen molar-refractivity contribution in [2.24, 2.45) is 5.73 Å². The molecule has 1 aromatic heterocycles. The van der Waals surface area contributed by atoms with Gasteiger partial charge in [-0.15, -0.1) is 0 Å². The van der Waals surface area contributed by atoms with Gasteiger partial charge in [0.1, 0.15) is 6.04 Å². The Morgan fingerprint density at radius 2 is 2.18 bits per heavy atom. The SMILES string of the molecule is CCOc1noc(C(=O)O)c1CC(N)C(=O)O. The first kappa shape index (κ1) is 13.0. The smallest absolute Gasteiger partial charge is 0.375 e. The highest BCUT2D eigenvalue weighted by Crippen LogP contribution is 2.23. The summed E-state index contributed by atoms with van der Waals surface area (Å²) in [6, 6.07) is -1.24. The van der Waals surface area contributed by atoms with Crippen molar-refractivity contribution in [1.82, 2.24) is 5.16 Å². The number of ether oxygens (including phenoxy) is 1. The van der Waals surface area contributed by atoms with E-state index in [2.05, 4.69) is 9.68 Å². The second-order valence-electron chi connectivity index (χ2n) is 3.18. The summed E-state index contributed by atoms with van der Waals surface area (Å²) in [5.41, 5.74) is 5.37. The third-order valence-corrected chi connectivity index (χ3v) is 1.97. The third-order valence-electron chi connectivity index (χ3n) is 1.97. The van der Waals surface area contributed by atoms with Crippen LogP contribution >= 0.6 is 0 Å². The van der Waals surface area contributed by atoms with Crippen LogP contribution in [-0.2, 0) is 11.2 Å². The average Bonchev–Trinajstić information content (AvgIpc) is 2.62. The van der Waals surface area contributed by atoms with Gasteiger partial charge in [0.15, 0.2) is 0 Å². The lowest BCUT2D eigenvalue weighted by atomic mass is 10.1. The van der Waals surface area contributed by atoms with Gasteiger partial charge in [-0.3, -0.25) is 4.79 Å². The van der Waals surface area contributed by atoms with Crippen LogP contribution in [0.5, 0.6) is 5.88 Å². The van der Waals surface area contributed by atoms with Crippen molar-refractivity contribution < 1.29 is 29.1 Å². The second kappa shape index (κ2) is 5.30. The van der Waals surface area contributed by atoms with Gasteiger partial charge in [-0.05, 0) is 12.1 Å². The van der Waals surface area contributed by atoms with Gasteiger partial charge in [0.25, 0.3) is 11.6 Å². The Kier molecular flexibility index (Phi) is 4.05. The van der Waals surface area contributed by atoms with Gasteiger partial charge in [0.05, 0.1) is 12.2 Å². The molecule has 0 aliphatic rings. The predicted molar refractivity (Wildman–Crippen MR) is 53.9 cm³/mol. The van der Waals surface area contributed by atoms with Gasteiger partial charge in [0.2, 0.25) is 0 Å². The summed E-state index contributed by atoms with van der Waals surface area (Å²) in [5, 5.41) is 20.9. The zero-order valence-electron chi connectivity index (χ0n) is 9.04. The molecule has 0 saturated carbocycles. The van der Waals surface area contributed by atoms with E-state index >= 15 is 0 Å². The molecule has 0 aromatic carbocycles. The molecule has 94 valence electrons. The van der Waals surface area contributed by atoms with E-state index in [0.717, 1.165) is 0 Å². The Bertz CT molecular complexity index is 427. The van der Waals surface area contributed by atoms with Crippen LogP contribution in [0.2, 0.25) is 0 Å². The van der Waals surface area contributed by atoms with E-state index in [1.807, 2.05) is 0 Å². The molecule has 1 aromatic rings. The van der Waals surface area contributed by atoms with Crippen molar-refractivity contribution in [2.75, 3.05) is 6.61 Å². The fourth-order valence-electron chi connectivity index (χ4n) is 1.20. The lowest BCUT2D eigenvalue weighted by Crippen LogP contribution is -2.32. The number of hydrogen-bond acceptors (Lipinski definition) is 6. The molecule has 8 nitrogen and oxygen atoms in total. The van der Waals surface area contributed by atoms with Gasteiger partial charge >= 0.3 is 11.9 Å². The minimum absolute atomic E-state index is 0.0402.